The molecule has 1 aromatic carbocycles. The molecule has 6 nitrogen and oxygen atoms in total. The molecule has 0 spiro atoms. The van der Waals surface area contributed by atoms with Gasteiger partial charge in [-0.3, -0.25) is 4.90 Å². The van der Waals surface area contributed by atoms with Crippen LogP contribution in [0.3, 0.4) is 0 Å². The average molecular weight is 307 g/mol. The van der Waals surface area contributed by atoms with Crippen LogP contribution < -0.4 is 0 Å². The first-order valence-electron chi connectivity index (χ1n) is 7.36. The first-order chi connectivity index (χ1) is 10.5. The Morgan fingerprint density at radius 3 is 2.59 bits per heavy atom. The van der Waals surface area contributed by atoms with E-state index in [1.165, 1.54) is 4.90 Å². The van der Waals surface area contributed by atoms with E-state index in [1.54, 1.807) is 13.8 Å². The summed E-state index contributed by atoms with van der Waals surface area (Å²) in [5, 5.41) is 9.93. The number of carbonyl (C=O) groups is 2. The van der Waals surface area contributed by atoms with E-state index >= 15 is 0 Å². The number of ether oxygens (including phenoxy) is 2. The van der Waals surface area contributed by atoms with Crippen molar-refractivity contribution in [3.63, 3.8) is 0 Å². The zero-order chi connectivity index (χ0) is 16.1. The van der Waals surface area contributed by atoms with Gasteiger partial charge in [-0.05, 0) is 12.5 Å². The SMILES string of the molecule is CCOC(=O)C1C(C)C(O)CN1C(=O)OCc1ccccc1. The van der Waals surface area contributed by atoms with E-state index in [2.05, 4.69) is 0 Å². The van der Waals surface area contributed by atoms with Gasteiger partial charge in [0.15, 0.2) is 0 Å². The lowest BCUT2D eigenvalue weighted by atomic mass is 10.0. The Kier molecular flexibility index (Phi) is 5.38. The average Bonchev–Trinajstić information content (AvgIpc) is 2.82. The minimum absolute atomic E-state index is 0.0677. The molecule has 6 heteroatoms. The third-order valence-electron chi connectivity index (χ3n) is 3.79. The van der Waals surface area contributed by atoms with Crippen molar-refractivity contribution < 1.29 is 24.2 Å². The normalized spacial score (nSPS) is 24.1. The van der Waals surface area contributed by atoms with Crippen LogP contribution in [0.2, 0.25) is 0 Å². The molecule has 2 rings (SSSR count). The van der Waals surface area contributed by atoms with E-state index in [0.717, 1.165) is 5.56 Å². The van der Waals surface area contributed by atoms with Gasteiger partial charge in [-0.25, -0.2) is 9.59 Å². The van der Waals surface area contributed by atoms with Gasteiger partial charge in [0.2, 0.25) is 0 Å². The molecule has 3 unspecified atom stereocenters. The molecule has 1 fully saturated rings. The molecule has 1 saturated heterocycles. The molecule has 1 aliphatic rings. The van der Waals surface area contributed by atoms with Crippen LogP contribution in [0.1, 0.15) is 19.4 Å². The fourth-order valence-electron chi connectivity index (χ4n) is 2.54. The second kappa shape index (κ2) is 7.26. The second-order valence-corrected chi connectivity index (χ2v) is 5.32. The van der Waals surface area contributed by atoms with E-state index in [4.69, 9.17) is 9.47 Å². The maximum Gasteiger partial charge on any atom is 0.410 e. The number of aliphatic hydroxyl groups excluding tert-OH is 1. The number of β-amino-alcohol motifs (C(OH)–C–C–N with tert-alkyl or cyclic N) is 1. The Morgan fingerprint density at radius 2 is 1.95 bits per heavy atom. The number of hydrogen-bond acceptors (Lipinski definition) is 5. The molecular weight excluding hydrogens is 286 g/mol. The summed E-state index contributed by atoms with van der Waals surface area (Å²) in [7, 11) is 0. The van der Waals surface area contributed by atoms with Gasteiger partial charge < -0.3 is 14.6 Å². The highest BCUT2D eigenvalue weighted by Crippen LogP contribution is 2.26. The summed E-state index contributed by atoms with van der Waals surface area (Å²) in [4.78, 5) is 25.5. The summed E-state index contributed by atoms with van der Waals surface area (Å²) in [6, 6.07) is 8.46. The minimum atomic E-state index is -0.807. The lowest BCUT2D eigenvalue weighted by Crippen LogP contribution is -2.44. The summed E-state index contributed by atoms with van der Waals surface area (Å²) >= 11 is 0. The molecule has 22 heavy (non-hydrogen) atoms. The van der Waals surface area contributed by atoms with Gasteiger partial charge in [0.1, 0.15) is 12.6 Å². The first-order valence-corrected chi connectivity index (χ1v) is 7.36. The maximum absolute atomic E-state index is 12.2. The predicted octanol–water partition coefficient (Wildman–Crippen LogP) is 1.57. The molecule has 1 aromatic rings. The zero-order valence-corrected chi connectivity index (χ0v) is 12.8. The smallest absolute Gasteiger partial charge is 0.410 e. The number of carbonyl (C=O) groups excluding carboxylic acids is 2. The van der Waals surface area contributed by atoms with Gasteiger partial charge in [-0.2, -0.15) is 0 Å². The molecule has 1 N–H and O–H groups in total. The fraction of sp³-hybridized carbons (Fsp3) is 0.500. The Morgan fingerprint density at radius 1 is 1.27 bits per heavy atom. The van der Waals surface area contributed by atoms with Crippen LogP contribution in [0.15, 0.2) is 30.3 Å². The van der Waals surface area contributed by atoms with Crippen molar-refractivity contribution in [3.05, 3.63) is 35.9 Å². The van der Waals surface area contributed by atoms with Crippen LogP contribution in [0.4, 0.5) is 4.79 Å². The van der Waals surface area contributed by atoms with Crippen molar-refractivity contribution in [2.24, 2.45) is 5.92 Å². The van der Waals surface area contributed by atoms with Crippen molar-refractivity contribution in [1.82, 2.24) is 4.90 Å². The first kappa shape index (κ1) is 16.3. The van der Waals surface area contributed by atoms with E-state index in [9.17, 15) is 14.7 Å². The maximum atomic E-state index is 12.2. The van der Waals surface area contributed by atoms with Crippen LogP contribution >= 0.6 is 0 Å². The Bertz CT molecular complexity index is 519. The molecule has 0 radical (unpaired) electrons. The van der Waals surface area contributed by atoms with E-state index in [0.29, 0.717) is 0 Å². The monoisotopic (exact) mass is 307 g/mol. The second-order valence-electron chi connectivity index (χ2n) is 5.32. The molecule has 1 heterocycles. The van der Waals surface area contributed by atoms with Gasteiger partial charge in [-0.15, -0.1) is 0 Å². The van der Waals surface area contributed by atoms with Gasteiger partial charge in [0.25, 0.3) is 0 Å². The van der Waals surface area contributed by atoms with Crippen molar-refractivity contribution >= 4 is 12.1 Å². The topological polar surface area (TPSA) is 76.1 Å². The van der Waals surface area contributed by atoms with Crippen molar-refractivity contribution in [3.8, 4) is 0 Å². The lowest BCUT2D eigenvalue weighted by molar-refractivity contribution is -0.149. The predicted molar refractivity (Wildman–Crippen MR) is 78.9 cm³/mol. The molecule has 0 aliphatic carbocycles. The molecule has 1 amide bonds. The zero-order valence-electron chi connectivity index (χ0n) is 12.8. The number of amides is 1. The molecule has 1 aliphatic heterocycles. The molecule has 3 atom stereocenters. The van der Waals surface area contributed by atoms with E-state index in [-0.39, 0.29) is 25.7 Å². The van der Waals surface area contributed by atoms with Crippen molar-refractivity contribution in [1.29, 1.82) is 0 Å². The third-order valence-corrected chi connectivity index (χ3v) is 3.79. The summed E-state index contributed by atoms with van der Waals surface area (Å²) in [5.41, 5.74) is 0.858. The minimum Gasteiger partial charge on any atom is -0.464 e. The largest absolute Gasteiger partial charge is 0.464 e. The van der Waals surface area contributed by atoms with E-state index < -0.39 is 24.2 Å². The molecule has 0 aromatic heterocycles. The Labute approximate surface area is 129 Å². The molecule has 0 bridgehead atoms. The highest BCUT2D eigenvalue weighted by molar-refractivity contribution is 5.82. The third kappa shape index (κ3) is 3.57. The Balaban J connectivity index is 2.01. The number of esters is 1. The van der Waals surface area contributed by atoms with Crippen LogP contribution in [-0.4, -0.2) is 47.4 Å². The van der Waals surface area contributed by atoms with Crippen LogP contribution in [0.25, 0.3) is 0 Å². The quantitative estimate of drug-likeness (QED) is 0.855. The summed E-state index contributed by atoms with van der Waals surface area (Å²) in [5.74, 6) is -0.897. The van der Waals surface area contributed by atoms with Gasteiger partial charge in [0.05, 0.1) is 19.3 Å². The van der Waals surface area contributed by atoms with Crippen molar-refractivity contribution in [2.75, 3.05) is 13.2 Å². The van der Waals surface area contributed by atoms with Crippen LogP contribution in [0.5, 0.6) is 0 Å². The number of benzene rings is 1. The standard InChI is InChI=1S/C16H21NO5/c1-3-21-15(19)14-11(2)13(18)9-17(14)16(20)22-10-12-7-5-4-6-8-12/h4-8,11,13-14,18H,3,9-10H2,1-2H3. The van der Waals surface area contributed by atoms with Gasteiger partial charge in [0, 0.05) is 5.92 Å². The Hall–Kier alpha value is -2.08. The van der Waals surface area contributed by atoms with E-state index in [1.807, 2.05) is 30.3 Å². The van der Waals surface area contributed by atoms with Gasteiger partial charge >= 0.3 is 12.1 Å². The molecular formula is C16H21NO5. The van der Waals surface area contributed by atoms with Crippen LogP contribution in [-0.2, 0) is 20.9 Å². The molecule has 0 saturated carbocycles. The van der Waals surface area contributed by atoms with Gasteiger partial charge in [-0.1, -0.05) is 37.3 Å². The number of aliphatic hydroxyl groups is 1. The number of rotatable bonds is 4. The number of hydrogen-bond donors (Lipinski definition) is 1. The summed E-state index contributed by atoms with van der Waals surface area (Å²) < 4.78 is 10.2. The van der Waals surface area contributed by atoms with Crippen LogP contribution in [0, 0.1) is 5.92 Å². The summed E-state index contributed by atoms with van der Waals surface area (Å²) in [6.07, 6.45) is -1.39. The van der Waals surface area contributed by atoms with Crippen molar-refractivity contribution in [2.45, 2.75) is 32.6 Å². The number of nitrogens with zero attached hydrogens (tertiary/aromatic N) is 1. The highest BCUT2D eigenvalue weighted by Gasteiger charge is 2.46. The number of likely N-dealkylation sites (tertiary alicyclic amines) is 1. The molecule has 120 valence electrons. The fourth-order valence-corrected chi connectivity index (χ4v) is 2.54. The highest BCUT2D eigenvalue weighted by atomic mass is 16.6. The lowest BCUT2D eigenvalue weighted by Gasteiger charge is -2.24. The summed E-state index contributed by atoms with van der Waals surface area (Å²) in [6.45, 7) is 3.84.